The van der Waals surface area contributed by atoms with Crippen LogP contribution in [0.5, 0.6) is 0 Å². The third-order valence-corrected chi connectivity index (χ3v) is 6.80. The topological polar surface area (TPSA) is 49.4 Å². The summed E-state index contributed by atoms with van der Waals surface area (Å²) in [4.78, 5) is 27.3. The first-order valence-electron chi connectivity index (χ1n) is 11.1. The van der Waals surface area contributed by atoms with Crippen LogP contribution >= 0.6 is 0 Å². The fourth-order valence-electron chi connectivity index (χ4n) is 4.88. The van der Waals surface area contributed by atoms with E-state index < -0.39 is 28.9 Å². The predicted octanol–water partition coefficient (Wildman–Crippen LogP) is 5.46. The number of carbonyl (C=O) groups excluding carboxylic acids is 2. The van der Waals surface area contributed by atoms with Gasteiger partial charge in [-0.15, -0.1) is 0 Å². The minimum absolute atomic E-state index is 0.0795. The Morgan fingerprint density at radius 1 is 1.09 bits per heavy atom. The molecule has 4 nitrogen and oxygen atoms in total. The summed E-state index contributed by atoms with van der Waals surface area (Å²) in [6.45, 7) is 4.47. The summed E-state index contributed by atoms with van der Waals surface area (Å²) in [5.41, 5.74) is -0.260. The van der Waals surface area contributed by atoms with Crippen molar-refractivity contribution < 1.29 is 27.2 Å². The highest BCUT2D eigenvalue weighted by molar-refractivity contribution is 6.07. The lowest BCUT2D eigenvalue weighted by Gasteiger charge is -2.32. The summed E-state index contributed by atoms with van der Waals surface area (Å²) in [5, 5.41) is 2.78. The molecule has 2 aromatic rings. The molecule has 2 aromatic carbocycles. The second kappa shape index (κ2) is 8.47. The number of benzene rings is 2. The van der Waals surface area contributed by atoms with Crippen LogP contribution in [-0.2, 0) is 16.4 Å². The average Bonchev–Trinajstić information content (AvgIpc) is 2.95. The molecule has 0 spiro atoms. The van der Waals surface area contributed by atoms with E-state index >= 15 is 0 Å². The first-order chi connectivity index (χ1) is 15.5. The van der Waals surface area contributed by atoms with Crippen LogP contribution in [0.3, 0.4) is 0 Å². The third-order valence-electron chi connectivity index (χ3n) is 6.80. The molecule has 1 aliphatic heterocycles. The van der Waals surface area contributed by atoms with E-state index in [2.05, 4.69) is 5.32 Å². The van der Waals surface area contributed by atoms with Gasteiger partial charge in [0, 0.05) is 23.8 Å². The van der Waals surface area contributed by atoms with Crippen molar-refractivity contribution in [3.8, 4) is 0 Å². The Balaban J connectivity index is 1.36. The highest BCUT2D eigenvalue weighted by Crippen LogP contribution is 2.42. The van der Waals surface area contributed by atoms with Crippen LogP contribution in [0.15, 0.2) is 42.5 Å². The molecule has 0 bridgehead atoms. The maximum absolute atomic E-state index is 13.5. The summed E-state index contributed by atoms with van der Waals surface area (Å²) in [5.74, 6) is -1.70. The molecule has 1 heterocycles. The quantitative estimate of drug-likeness (QED) is 0.614. The van der Waals surface area contributed by atoms with E-state index in [1.54, 1.807) is 0 Å². The molecule has 1 N–H and O–H groups in total. The van der Waals surface area contributed by atoms with Gasteiger partial charge in [0.15, 0.2) is 0 Å². The average molecular weight is 462 g/mol. The molecule has 33 heavy (non-hydrogen) atoms. The highest BCUT2D eigenvalue weighted by atomic mass is 19.4. The van der Waals surface area contributed by atoms with Gasteiger partial charge in [-0.25, -0.2) is 4.39 Å². The van der Waals surface area contributed by atoms with Gasteiger partial charge in [0.25, 0.3) is 5.91 Å². The van der Waals surface area contributed by atoms with Crippen molar-refractivity contribution in [2.45, 2.75) is 57.2 Å². The molecule has 2 amide bonds. The molecular weight excluding hydrogens is 436 g/mol. The van der Waals surface area contributed by atoms with E-state index in [1.165, 1.54) is 0 Å². The molecule has 176 valence electrons. The van der Waals surface area contributed by atoms with Gasteiger partial charge in [-0.2, -0.15) is 13.2 Å². The minimum atomic E-state index is -4.86. The first-order valence-corrected chi connectivity index (χ1v) is 11.1. The van der Waals surface area contributed by atoms with E-state index in [0.29, 0.717) is 31.5 Å². The molecule has 1 saturated carbocycles. The number of rotatable bonds is 4. The Hall–Kier alpha value is -2.90. The molecule has 0 radical (unpaired) electrons. The van der Waals surface area contributed by atoms with Crippen LogP contribution in [0.4, 0.5) is 23.2 Å². The van der Waals surface area contributed by atoms with Crippen LogP contribution < -0.4 is 10.2 Å². The lowest BCUT2D eigenvalue weighted by molar-refractivity contribution is -0.140. The molecule has 1 fully saturated rings. The number of fused-ring (bicyclic) bond motifs is 1. The number of amides is 2. The van der Waals surface area contributed by atoms with Crippen molar-refractivity contribution in [2.24, 2.45) is 5.92 Å². The zero-order chi connectivity index (χ0) is 24.0. The normalized spacial score (nSPS) is 22.2. The van der Waals surface area contributed by atoms with Crippen LogP contribution in [0.25, 0.3) is 0 Å². The first kappa shape index (κ1) is 23.3. The molecule has 8 heteroatoms. The fourth-order valence-corrected chi connectivity index (χ4v) is 4.88. The lowest BCUT2D eigenvalue weighted by Crippen LogP contribution is -2.42. The smallest absolute Gasteiger partial charge is 0.349 e. The van der Waals surface area contributed by atoms with Crippen molar-refractivity contribution in [3.63, 3.8) is 0 Å². The number of hydrogen-bond acceptors (Lipinski definition) is 2. The van der Waals surface area contributed by atoms with E-state index in [1.807, 2.05) is 43.0 Å². The summed E-state index contributed by atoms with van der Waals surface area (Å²) in [7, 11) is 0. The number of halogens is 4. The van der Waals surface area contributed by atoms with Gasteiger partial charge in [-0.3, -0.25) is 9.59 Å². The number of anilines is 1. The lowest BCUT2D eigenvalue weighted by atomic mass is 9.85. The standard InChI is InChI=1S/C25H26F4N2O2/c1-24(2)18-5-3-4-6-21(18)31(23(24)33)14-15-7-10-17(11-8-15)30-22(32)16-9-12-20(26)19(13-16)25(27,28)29/h3-6,9,12-13,15,17H,7-8,10-11,14H2,1-2H3,(H,30,32)/t15-,17-. The summed E-state index contributed by atoms with van der Waals surface area (Å²) in [6, 6.07) is 9.91. The number of nitrogens with one attached hydrogen (secondary N) is 1. The number of para-hydroxylation sites is 1. The number of alkyl halides is 3. The third kappa shape index (κ3) is 4.48. The monoisotopic (exact) mass is 462 g/mol. The van der Waals surface area contributed by atoms with Crippen molar-refractivity contribution in [1.29, 1.82) is 0 Å². The maximum Gasteiger partial charge on any atom is 0.419 e. The SMILES string of the molecule is CC1(C)C(=O)N(C[C@H]2CC[C@H](NC(=O)c3ccc(F)c(C(F)(F)F)c3)CC2)c2ccccc21. The highest BCUT2D eigenvalue weighted by Gasteiger charge is 2.44. The molecule has 0 unspecified atom stereocenters. The molecule has 1 aliphatic carbocycles. The Morgan fingerprint density at radius 3 is 2.42 bits per heavy atom. The van der Waals surface area contributed by atoms with E-state index in [-0.39, 0.29) is 23.4 Å². The predicted molar refractivity (Wildman–Crippen MR) is 116 cm³/mol. The zero-order valence-corrected chi connectivity index (χ0v) is 18.5. The summed E-state index contributed by atoms with van der Waals surface area (Å²) in [6.07, 6.45) is -1.96. The van der Waals surface area contributed by atoms with Gasteiger partial charge in [0.2, 0.25) is 5.91 Å². The van der Waals surface area contributed by atoms with Crippen LogP contribution in [-0.4, -0.2) is 24.4 Å². The zero-order valence-electron chi connectivity index (χ0n) is 18.5. The van der Waals surface area contributed by atoms with Crippen molar-refractivity contribution in [2.75, 3.05) is 11.4 Å². The fraction of sp³-hybridized carbons (Fsp3) is 0.440. The van der Waals surface area contributed by atoms with E-state index in [0.717, 1.165) is 30.2 Å². The van der Waals surface area contributed by atoms with Crippen LogP contribution in [0.1, 0.15) is 61.0 Å². The molecule has 0 saturated heterocycles. The Bertz CT molecular complexity index is 1070. The van der Waals surface area contributed by atoms with E-state index in [9.17, 15) is 27.2 Å². The number of carbonyl (C=O) groups is 2. The molecular formula is C25H26F4N2O2. The Morgan fingerprint density at radius 2 is 1.76 bits per heavy atom. The maximum atomic E-state index is 13.5. The molecule has 0 aromatic heterocycles. The Kier molecular flexibility index (Phi) is 5.97. The van der Waals surface area contributed by atoms with Gasteiger partial charge in [0.05, 0.1) is 11.0 Å². The van der Waals surface area contributed by atoms with Gasteiger partial charge in [-0.1, -0.05) is 18.2 Å². The minimum Gasteiger partial charge on any atom is -0.349 e. The van der Waals surface area contributed by atoms with Crippen molar-refractivity contribution in [1.82, 2.24) is 5.32 Å². The van der Waals surface area contributed by atoms with Crippen LogP contribution in [0, 0.1) is 11.7 Å². The second-order valence-electron chi connectivity index (χ2n) is 9.44. The molecule has 2 aliphatic rings. The molecule has 0 atom stereocenters. The van der Waals surface area contributed by atoms with Crippen molar-refractivity contribution >= 4 is 17.5 Å². The summed E-state index contributed by atoms with van der Waals surface area (Å²) < 4.78 is 52.3. The van der Waals surface area contributed by atoms with Crippen LogP contribution in [0.2, 0.25) is 0 Å². The van der Waals surface area contributed by atoms with E-state index in [4.69, 9.17) is 0 Å². The molecule has 4 rings (SSSR count). The van der Waals surface area contributed by atoms with Gasteiger partial charge >= 0.3 is 6.18 Å². The van der Waals surface area contributed by atoms with Gasteiger partial charge in [-0.05, 0) is 75.3 Å². The second-order valence-corrected chi connectivity index (χ2v) is 9.44. The largest absolute Gasteiger partial charge is 0.419 e. The number of hydrogen-bond donors (Lipinski definition) is 1. The summed E-state index contributed by atoms with van der Waals surface area (Å²) >= 11 is 0. The van der Waals surface area contributed by atoms with Gasteiger partial charge in [0.1, 0.15) is 5.82 Å². The van der Waals surface area contributed by atoms with Gasteiger partial charge < -0.3 is 10.2 Å². The Labute approximate surface area is 190 Å². The number of nitrogens with zero attached hydrogens (tertiary/aromatic N) is 1. The van der Waals surface area contributed by atoms with Crippen molar-refractivity contribution in [3.05, 3.63) is 65.0 Å².